The summed E-state index contributed by atoms with van der Waals surface area (Å²) in [6.45, 7) is 4.54. The lowest BCUT2D eigenvalue weighted by molar-refractivity contribution is -0.119. The predicted octanol–water partition coefficient (Wildman–Crippen LogP) is 2.85. The van der Waals surface area contributed by atoms with Gasteiger partial charge in [0.25, 0.3) is 0 Å². The molecule has 4 rings (SSSR count). The van der Waals surface area contributed by atoms with Crippen LogP contribution in [0.15, 0.2) is 11.6 Å². The first-order chi connectivity index (χ1) is 10.4. The summed E-state index contributed by atoms with van der Waals surface area (Å²) >= 11 is 0. The van der Waals surface area contributed by atoms with Crippen LogP contribution in [-0.2, 0) is 4.79 Å². The van der Waals surface area contributed by atoms with Gasteiger partial charge in [0.05, 0.1) is 12.2 Å². The van der Waals surface area contributed by atoms with Crippen molar-refractivity contribution in [2.24, 2.45) is 28.6 Å². The monoisotopic (exact) mass is 304 g/mol. The predicted molar refractivity (Wildman–Crippen MR) is 84.1 cm³/mol. The molecule has 0 saturated heterocycles. The standard InChI is InChI=1S/C19H28O3/c1-18-7-5-12(20)9-11(18)3-4-13-14(18)6-8-19(2)16(22)10-15(21)17(13)19/h9,13-17,21-22H,3-8,10H2,1-2H3/t13-,14+,15+,16-,17+,18-,19+/m0/s1. The quantitative estimate of drug-likeness (QED) is 0.723. The zero-order chi connectivity index (χ0) is 15.7. The van der Waals surface area contributed by atoms with Crippen LogP contribution in [0.3, 0.4) is 0 Å². The van der Waals surface area contributed by atoms with Gasteiger partial charge >= 0.3 is 0 Å². The van der Waals surface area contributed by atoms with E-state index in [4.69, 9.17) is 0 Å². The molecule has 4 aliphatic rings. The number of hydrogen-bond donors (Lipinski definition) is 2. The van der Waals surface area contributed by atoms with E-state index in [-0.39, 0.29) is 29.0 Å². The fourth-order valence-corrected chi connectivity index (χ4v) is 6.59. The van der Waals surface area contributed by atoms with Crippen LogP contribution in [0.4, 0.5) is 0 Å². The zero-order valence-electron chi connectivity index (χ0n) is 13.7. The Morgan fingerprint density at radius 2 is 1.91 bits per heavy atom. The van der Waals surface area contributed by atoms with E-state index in [1.54, 1.807) is 0 Å². The third kappa shape index (κ3) is 1.78. The van der Waals surface area contributed by atoms with Crippen LogP contribution in [0.5, 0.6) is 0 Å². The Morgan fingerprint density at radius 3 is 2.68 bits per heavy atom. The smallest absolute Gasteiger partial charge is 0.155 e. The molecule has 22 heavy (non-hydrogen) atoms. The second-order valence-corrected chi connectivity index (χ2v) is 8.75. The minimum absolute atomic E-state index is 0.108. The van der Waals surface area contributed by atoms with Gasteiger partial charge in [-0.05, 0) is 66.8 Å². The number of fused-ring (bicyclic) bond motifs is 5. The highest BCUT2D eigenvalue weighted by atomic mass is 16.3. The van der Waals surface area contributed by atoms with E-state index in [1.807, 2.05) is 6.08 Å². The number of ketones is 1. The lowest BCUT2D eigenvalue weighted by Crippen LogP contribution is -2.52. The van der Waals surface area contributed by atoms with Gasteiger partial charge in [-0.2, -0.15) is 0 Å². The van der Waals surface area contributed by atoms with Gasteiger partial charge in [-0.15, -0.1) is 0 Å². The molecule has 0 bridgehead atoms. The maximum absolute atomic E-state index is 11.8. The fourth-order valence-electron chi connectivity index (χ4n) is 6.59. The van der Waals surface area contributed by atoms with Gasteiger partial charge < -0.3 is 10.2 Å². The molecular formula is C19H28O3. The Balaban J connectivity index is 1.71. The van der Waals surface area contributed by atoms with E-state index in [2.05, 4.69) is 13.8 Å². The Labute approximate surface area is 132 Å². The third-order valence-corrected chi connectivity index (χ3v) is 7.90. The number of hydrogen-bond acceptors (Lipinski definition) is 3. The average molecular weight is 304 g/mol. The molecule has 0 heterocycles. The normalized spacial score (nSPS) is 54.3. The third-order valence-electron chi connectivity index (χ3n) is 7.90. The van der Waals surface area contributed by atoms with Gasteiger partial charge in [-0.25, -0.2) is 0 Å². The highest BCUT2D eigenvalue weighted by Gasteiger charge is 2.61. The van der Waals surface area contributed by atoms with Crippen molar-refractivity contribution < 1.29 is 15.0 Å². The summed E-state index contributed by atoms with van der Waals surface area (Å²) in [5.41, 5.74) is 1.40. The lowest BCUT2D eigenvalue weighted by atomic mass is 9.47. The Hall–Kier alpha value is -0.670. The highest BCUT2D eigenvalue weighted by Crippen LogP contribution is 2.65. The molecule has 3 nitrogen and oxygen atoms in total. The zero-order valence-corrected chi connectivity index (χ0v) is 13.7. The number of aliphatic hydroxyl groups excluding tert-OH is 2. The Kier molecular flexibility index (Phi) is 3.16. The summed E-state index contributed by atoms with van der Waals surface area (Å²) < 4.78 is 0. The summed E-state index contributed by atoms with van der Waals surface area (Å²) in [5, 5.41) is 21.1. The van der Waals surface area contributed by atoms with Crippen LogP contribution in [0, 0.1) is 28.6 Å². The second kappa shape index (κ2) is 4.67. The SMILES string of the molecule is C[C@]12CC[C@@H]3[C@H](CCC4=CC(=O)CC[C@@]43C)[C@@H]1[C@H](O)C[C@@H]2O. The molecule has 0 aromatic carbocycles. The molecule has 0 aromatic heterocycles. The van der Waals surface area contributed by atoms with Crippen LogP contribution in [0.2, 0.25) is 0 Å². The minimum atomic E-state index is -0.355. The van der Waals surface area contributed by atoms with E-state index in [1.165, 1.54) is 5.57 Å². The Morgan fingerprint density at radius 1 is 1.14 bits per heavy atom. The van der Waals surface area contributed by atoms with E-state index >= 15 is 0 Å². The van der Waals surface area contributed by atoms with Gasteiger partial charge in [0.15, 0.2) is 5.78 Å². The van der Waals surface area contributed by atoms with Gasteiger partial charge in [0.2, 0.25) is 0 Å². The Bertz CT molecular complexity index is 539. The summed E-state index contributed by atoms with van der Waals surface area (Å²) in [5.74, 6) is 1.60. The van der Waals surface area contributed by atoms with Crippen molar-refractivity contribution in [2.45, 2.75) is 71.0 Å². The molecule has 3 heteroatoms. The van der Waals surface area contributed by atoms with Crippen LogP contribution in [-0.4, -0.2) is 28.2 Å². The van der Waals surface area contributed by atoms with Gasteiger partial charge in [0, 0.05) is 12.8 Å². The van der Waals surface area contributed by atoms with E-state index in [0.29, 0.717) is 30.5 Å². The van der Waals surface area contributed by atoms with Crippen molar-refractivity contribution >= 4 is 5.78 Å². The van der Waals surface area contributed by atoms with Crippen molar-refractivity contribution in [3.05, 3.63) is 11.6 Å². The van der Waals surface area contributed by atoms with Gasteiger partial charge in [0.1, 0.15) is 0 Å². The maximum Gasteiger partial charge on any atom is 0.155 e. The molecule has 2 N–H and O–H groups in total. The van der Waals surface area contributed by atoms with Crippen molar-refractivity contribution in [3.63, 3.8) is 0 Å². The number of carbonyl (C=O) groups is 1. The van der Waals surface area contributed by atoms with Crippen LogP contribution in [0.25, 0.3) is 0 Å². The number of carbonyl (C=O) groups excluding carboxylic acids is 1. The molecule has 0 unspecified atom stereocenters. The van der Waals surface area contributed by atoms with E-state index in [9.17, 15) is 15.0 Å². The molecule has 3 saturated carbocycles. The average Bonchev–Trinajstić information content (AvgIpc) is 2.70. The van der Waals surface area contributed by atoms with Crippen LogP contribution in [0.1, 0.15) is 58.8 Å². The molecule has 4 aliphatic carbocycles. The summed E-state index contributed by atoms with van der Waals surface area (Å²) in [7, 11) is 0. The molecule has 0 aromatic rings. The van der Waals surface area contributed by atoms with Crippen LogP contribution >= 0.6 is 0 Å². The number of rotatable bonds is 0. The first-order valence-electron chi connectivity index (χ1n) is 8.96. The van der Waals surface area contributed by atoms with Crippen molar-refractivity contribution in [1.82, 2.24) is 0 Å². The van der Waals surface area contributed by atoms with Gasteiger partial charge in [-0.1, -0.05) is 19.4 Å². The van der Waals surface area contributed by atoms with Crippen LogP contribution < -0.4 is 0 Å². The molecule has 0 amide bonds. The topological polar surface area (TPSA) is 57.5 Å². The second-order valence-electron chi connectivity index (χ2n) is 8.75. The van der Waals surface area contributed by atoms with Crippen molar-refractivity contribution in [1.29, 1.82) is 0 Å². The summed E-state index contributed by atoms with van der Waals surface area (Å²) in [6.07, 6.45) is 7.62. The molecule has 122 valence electrons. The molecular weight excluding hydrogens is 276 g/mol. The largest absolute Gasteiger partial charge is 0.393 e. The molecule has 0 aliphatic heterocycles. The molecule has 0 radical (unpaired) electrons. The van der Waals surface area contributed by atoms with Crippen molar-refractivity contribution in [3.8, 4) is 0 Å². The summed E-state index contributed by atoms with van der Waals surface area (Å²) in [4.78, 5) is 11.8. The molecule has 7 atom stereocenters. The first kappa shape index (κ1) is 14.9. The van der Waals surface area contributed by atoms with E-state index in [0.717, 1.165) is 32.1 Å². The highest BCUT2D eigenvalue weighted by molar-refractivity contribution is 5.91. The fraction of sp³-hybridized carbons (Fsp3) is 0.842. The minimum Gasteiger partial charge on any atom is -0.393 e. The molecule has 0 spiro atoms. The lowest BCUT2D eigenvalue weighted by Gasteiger charge is -2.58. The summed E-state index contributed by atoms with van der Waals surface area (Å²) in [6, 6.07) is 0. The maximum atomic E-state index is 11.8. The van der Waals surface area contributed by atoms with Gasteiger partial charge in [-0.3, -0.25) is 4.79 Å². The van der Waals surface area contributed by atoms with Crippen molar-refractivity contribution in [2.75, 3.05) is 0 Å². The number of allylic oxidation sites excluding steroid dienone is 1. The van der Waals surface area contributed by atoms with E-state index < -0.39 is 0 Å². The number of aliphatic hydroxyl groups is 2. The molecule has 3 fully saturated rings. The first-order valence-corrected chi connectivity index (χ1v) is 8.96.